The van der Waals surface area contributed by atoms with Crippen molar-refractivity contribution in [1.29, 1.82) is 0 Å². The van der Waals surface area contributed by atoms with E-state index in [9.17, 15) is 29.4 Å². The quantitative estimate of drug-likeness (QED) is 0.483. The number of rotatable bonds is 6. The maximum Gasteiger partial charge on any atom is 0.336 e. The van der Waals surface area contributed by atoms with Gasteiger partial charge in [-0.1, -0.05) is 36.4 Å². The summed E-state index contributed by atoms with van der Waals surface area (Å²) in [6, 6.07) is 14.6. The van der Waals surface area contributed by atoms with Gasteiger partial charge in [-0.15, -0.1) is 0 Å². The predicted octanol–water partition coefficient (Wildman–Crippen LogP) is 3.81. The van der Waals surface area contributed by atoms with E-state index in [0.717, 1.165) is 0 Å². The second-order valence-electron chi connectivity index (χ2n) is 6.32. The average molecular weight is 406 g/mol. The lowest BCUT2D eigenvalue weighted by Crippen LogP contribution is -2.08. The molecular weight excluding hydrogens is 392 g/mol. The van der Waals surface area contributed by atoms with Crippen LogP contribution in [0.15, 0.2) is 60.7 Å². The highest BCUT2D eigenvalue weighted by Gasteiger charge is 2.18. The van der Waals surface area contributed by atoms with Gasteiger partial charge in [0, 0.05) is 0 Å². The fraction of sp³-hybridized carbons (Fsp3) is 0. The van der Waals surface area contributed by atoms with E-state index in [2.05, 4.69) is 0 Å². The fourth-order valence-corrected chi connectivity index (χ4v) is 3.03. The second-order valence-corrected chi connectivity index (χ2v) is 6.32. The van der Waals surface area contributed by atoms with Gasteiger partial charge in [-0.3, -0.25) is 0 Å². The first-order valence-corrected chi connectivity index (χ1v) is 8.51. The zero-order valence-electron chi connectivity index (χ0n) is 15.2. The molecule has 0 aliphatic heterocycles. The highest BCUT2D eigenvalue weighted by atomic mass is 16.4. The normalized spacial score (nSPS) is 10.4. The second kappa shape index (κ2) is 7.88. The van der Waals surface area contributed by atoms with Gasteiger partial charge < -0.3 is 20.4 Å². The minimum atomic E-state index is -1.36. The Hall–Kier alpha value is -4.46. The van der Waals surface area contributed by atoms with Crippen LogP contribution in [0.5, 0.6) is 0 Å². The number of hydrogen-bond donors (Lipinski definition) is 4. The fourth-order valence-electron chi connectivity index (χ4n) is 3.03. The standard InChI is InChI=1S/C22H14O8/c23-19(24)15-7-5-13(9-17(15)21(27)28)11-1-2-12(4-3-11)14-6-8-16(20(25)26)18(10-14)22(29)30/h1-10H,(H,23,24)(H,25,26)(H,27,28)(H,29,30). The Morgan fingerprint density at radius 1 is 0.400 bits per heavy atom. The Kier molecular flexibility index (Phi) is 5.33. The van der Waals surface area contributed by atoms with Gasteiger partial charge >= 0.3 is 23.9 Å². The summed E-state index contributed by atoms with van der Waals surface area (Å²) in [5, 5.41) is 36.7. The van der Waals surface area contributed by atoms with Gasteiger partial charge in [0.15, 0.2) is 0 Å². The average Bonchev–Trinajstić information content (AvgIpc) is 2.72. The summed E-state index contributed by atoms with van der Waals surface area (Å²) in [4.78, 5) is 45.1. The first kappa shape index (κ1) is 20.3. The van der Waals surface area contributed by atoms with Crippen LogP contribution >= 0.6 is 0 Å². The zero-order valence-corrected chi connectivity index (χ0v) is 15.2. The zero-order chi connectivity index (χ0) is 22.0. The third kappa shape index (κ3) is 3.88. The smallest absolute Gasteiger partial charge is 0.336 e. The summed E-state index contributed by atoms with van der Waals surface area (Å²) in [7, 11) is 0. The molecule has 0 aliphatic carbocycles. The molecule has 0 aliphatic rings. The van der Waals surface area contributed by atoms with E-state index in [-0.39, 0.29) is 22.3 Å². The Bertz CT molecular complexity index is 1100. The van der Waals surface area contributed by atoms with Crippen LogP contribution in [0.1, 0.15) is 41.4 Å². The molecule has 0 radical (unpaired) electrons. The summed E-state index contributed by atoms with van der Waals surface area (Å²) >= 11 is 0. The van der Waals surface area contributed by atoms with Gasteiger partial charge in [-0.2, -0.15) is 0 Å². The van der Waals surface area contributed by atoms with E-state index < -0.39 is 23.9 Å². The maximum absolute atomic E-state index is 11.4. The van der Waals surface area contributed by atoms with Gasteiger partial charge in [0.2, 0.25) is 0 Å². The van der Waals surface area contributed by atoms with Gasteiger partial charge in [0.1, 0.15) is 0 Å². The summed E-state index contributed by atoms with van der Waals surface area (Å²) in [6.07, 6.45) is 0. The van der Waals surface area contributed by atoms with Crippen molar-refractivity contribution in [3.05, 3.63) is 82.9 Å². The van der Waals surface area contributed by atoms with E-state index in [1.165, 1.54) is 36.4 Å². The molecule has 30 heavy (non-hydrogen) atoms. The molecule has 0 heterocycles. The van der Waals surface area contributed by atoms with Gasteiger partial charge in [0.05, 0.1) is 22.3 Å². The minimum Gasteiger partial charge on any atom is -0.478 e. The lowest BCUT2D eigenvalue weighted by molar-refractivity contribution is 0.0651. The molecule has 4 N–H and O–H groups in total. The molecule has 0 fully saturated rings. The predicted molar refractivity (Wildman–Crippen MR) is 105 cm³/mol. The Morgan fingerprint density at radius 2 is 0.667 bits per heavy atom. The molecule has 0 unspecified atom stereocenters. The summed E-state index contributed by atoms with van der Waals surface area (Å²) < 4.78 is 0. The van der Waals surface area contributed by atoms with E-state index >= 15 is 0 Å². The highest BCUT2D eigenvalue weighted by Crippen LogP contribution is 2.28. The van der Waals surface area contributed by atoms with Gasteiger partial charge in [-0.05, 0) is 46.5 Å². The van der Waals surface area contributed by atoms with Crippen molar-refractivity contribution in [3.63, 3.8) is 0 Å². The lowest BCUT2D eigenvalue weighted by Gasteiger charge is -2.09. The molecule has 3 aromatic rings. The van der Waals surface area contributed by atoms with Crippen LogP contribution in [-0.4, -0.2) is 44.3 Å². The van der Waals surface area contributed by atoms with E-state index in [1.54, 1.807) is 24.3 Å². The van der Waals surface area contributed by atoms with E-state index in [0.29, 0.717) is 22.3 Å². The minimum absolute atomic E-state index is 0.317. The molecule has 0 saturated heterocycles. The van der Waals surface area contributed by atoms with Crippen molar-refractivity contribution in [3.8, 4) is 22.3 Å². The number of carbonyl (C=O) groups is 4. The molecular formula is C22H14O8. The first-order chi connectivity index (χ1) is 14.2. The topological polar surface area (TPSA) is 149 Å². The van der Waals surface area contributed by atoms with Crippen LogP contribution in [0.2, 0.25) is 0 Å². The highest BCUT2D eigenvalue weighted by molar-refractivity contribution is 6.03. The molecule has 0 amide bonds. The molecule has 0 atom stereocenters. The van der Waals surface area contributed by atoms with E-state index in [1.807, 2.05) is 0 Å². The van der Waals surface area contributed by atoms with Crippen LogP contribution in [-0.2, 0) is 0 Å². The van der Waals surface area contributed by atoms with Gasteiger partial charge in [0.25, 0.3) is 0 Å². The summed E-state index contributed by atoms with van der Waals surface area (Å²) in [6.45, 7) is 0. The largest absolute Gasteiger partial charge is 0.478 e. The lowest BCUT2D eigenvalue weighted by atomic mass is 9.95. The third-order valence-electron chi connectivity index (χ3n) is 4.51. The molecule has 8 nitrogen and oxygen atoms in total. The van der Waals surface area contributed by atoms with Crippen LogP contribution in [0.25, 0.3) is 22.3 Å². The van der Waals surface area contributed by atoms with Crippen molar-refractivity contribution in [2.45, 2.75) is 0 Å². The Morgan fingerprint density at radius 3 is 0.933 bits per heavy atom. The molecule has 0 spiro atoms. The molecule has 3 rings (SSSR count). The summed E-state index contributed by atoms with van der Waals surface area (Å²) in [5.74, 6) is -5.39. The Balaban J connectivity index is 2.00. The van der Waals surface area contributed by atoms with Crippen LogP contribution < -0.4 is 0 Å². The molecule has 0 bridgehead atoms. The number of aromatic carboxylic acids is 4. The van der Waals surface area contributed by atoms with E-state index in [4.69, 9.17) is 10.2 Å². The third-order valence-corrected chi connectivity index (χ3v) is 4.51. The van der Waals surface area contributed by atoms with Crippen molar-refractivity contribution < 1.29 is 39.6 Å². The molecule has 0 saturated carbocycles. The number of benzene rings is 3. The SMILES string of the molecule is O=C(O)c1ccc(-c2ccc(-c3ccc(C(=O)O)c(C(=O)O)c3)cc2)cc1C(=O)O. The van der Waals surface area contributed by atoms with Crippen molar-refractivity contribution in [2.75, 3.05) is 0 Å². The molecule has 3 aromatic carbocycles. The maximum atomic E-state index is 11.4. The van der Waals surface area contributed by atoms with Crippen LogP contribution in [0.4, 0.5) is 0 Å². The van der Waals surface area contributed by atoms with Crippen LogP contribution in [0.3, 0.4) is 0 Å². The monoisotopic (exact) mass is 406 g/mol. The van der Waals surface area contributed by atoms with Crippen molar-refractivity contribution in [2.24, 2.45) is 0 Å². The number of carboxylic acid groups (broad SMARTS) is 4. The van der Waals surface area contributed by atoms with Crippen molar-refractivity contribution in [1.82, 2.24) is 0 Å². The number of carboxylic acids is 4. The molecule has 150 valence electrons. The molecule has 0 aromatic heterocycles. The number of hydrogen-bond acceptors (Lipinski definition) is 4. The molecule has 8 heteroatoms. The van der Waals surface area contributed by atoms with Crippen LogP contribution in [0, 0.1) is 0 Å². The van der Waals surface area contributed by atoms with Gasteiger partial charge in [-0.25, -0.2) is 19.2 Å². The summed E-state index contributed by atoms with van der Waals surface area (Å²) in [5.41, 5.74) is 0.939. The first-order valence-electron chi connectivity index (χ1n) is 8.51. The Labute approximate surface area is 169 Å². The van der Waals surface area contributed by atoms with Crippen molar-refractivity contribution >= 4 is 23.9 Å².